The minimum absolute atomic E-state index is 0.0654. The number of nitrogens with zero attached hydrogens (tertiary/aromatic N) is 1. The average molecular weight is 282 g/mol. The van der Waals surface area contributed by atoms with Gasteiger partial charge in [0, 0.05) is 12.7 Å². The molecule has 3 heteroatoms. The van der Waals surface area contributed by atoms with Crippen molar-refractivity contribution in [3.05, 3.63) is 65.7 Å². The lowest BCUT2D eigenvalue weighted by molar-refractivity contribution is -0.129. The van der Waals surface area contributed by atoms with Crippen molar-refractivity contribution in [2.24, 2.45) is 0 Å². The molecular formula is C18H22N2O. The summed E-state index contributed by atoms with van der Waals surface area (Å²) >= 11 is 0. The van der Waals surface area contributed by atoms with Gasteiger partial charge >= 0.3 is 0 Å². The summed E-state index contributed by atoms with van der Waals surface area (Å²) in [7, 11) is 1.85. The van der Waals surface area contributed by atoms with Crippen LogP contribution < -0.4 is 5.32 Å². The van der Waals surface area contributed by atoms with Gasteiger partial charge in [-0.15, -0.1) is 0 Å². The summed E-state index contributed by atoms with van der Waals surface area (Å²) < 4.78 is 0. The second kappa shape index (κ2) is 6.93. The Bertz CT molecular complexity index is 578. The number of hydrogen-bond acceptors (Lipinski definition) is 2. The van der Waals surface area contributed by atoms with E-state index in [2.05, 4.69) is 36.5 Å². The Hall–Kier alpha value is -2.29. The Labute approximate surface area is 126 Å². The molecule has 2 rings (SSSR count). The maximum Gasteiger partial charge on any atom is 0.242 e. The summed E-state index contributed by atoms with van der Waals surface area (Å²) in [5.41, 5.74) is 3.34. The molecule has 0 heterocycles. The molecule has 1 N–H and O–H groups in total. The highest BCUT2D eigenvalue weighted by Crippen LogP contribution is 2.19. The molecule has 0 spiro atoms. The highest BCUT2D eigenvalue weighted by atomic mass is 16.2. The molecular weight excluding hydrogens is 260 g/mol. The van der Waals surface area contributed by atoms with Gasteiger partial charge in [0.25, 0.3) is 0 Å². The van der Waals surface area contributed by atoms with E-state index in [1.165, 1.54) is 5.56 Å². The fourth-order valence-corrected chi connectivity index (χ4v) is 2.14. The van der Waals surface area contributed by atoms with Crippen LogP contribution in [0.25, 0.3) is 0 Å². The summed E-state index contributed by atoms with van der Waals surface area (Å²) in [4.78, 5) is 14.0. The topological polar surface area (TPSA) is 32.3 Å². The van der Waals surface area contributed by atoms with Crippen molar-refractivity contribution in [3.8, 4) is 0 Å². The van der Waals surface area contributed by atoms with Gasteiger partial charge in [-0.25, -0.2) is 0 Å². The van der Waals surface area contributed by atoms with E-state index >= 15 is 0 Å². The van der Waals surface area contributed by atoms with E-state index < -0.39 is 0 Å². The van der Waals surface area contributed by atoms with E-state index in [0.29, 0.717) is 6.54 Å². The maximum absolute atomic E-state index is 12.3. The largest absolute Gasteiger partial charge is 0.376 e. The second-order valence-electron chi connectivity index (χ2n) is 5.31. The zero-order chi connectivity index (χ0) is 15.2. The van der Waals surface area contributed by atoms with Crippen molar-refractivity contribution in [1.29, 1.82) is 0 Å². The minimum Gasteiger partial charge on any atom is -0.376 e. The number of amides is 1. The van der Waals surface area contributed by atoms with Gasteiger partial charge in [0.15, 0.2) is 0 Å². The molecule has 0 aromatic heterocycles. The van der Waals surface area contributed by atoms with Crippen molar-refractivity contribution in [2.45, 2.75) is 19.9 Å². The third-order valence-corrected chi connectivity index (χ3v) is 3.75. The van der Waals surface area contributed by atoms with E-state index in [-0.39, 0.29) is 11.9 Å². The number of rotatable bonds is 5. The van der Waals surface area contributed by atoms with Gasteiger partial charge in [-0.05, 0) is 31.5 Å². The third kappa shape index (κ3) is 4.09. The SMILES string of the molecule is Cc1ccc(C(C)N(C)C(=O)CNc2ccccc2)cc1. The number of nitrogens with one attached hydrogen (secondary N) is 1. The molecule has 0 saturated heterocycles. The molecule has 2 aromatic rings. The first-order chi connectivity index (χ1) is 10.1. The van der Waals surface area contributed by atoms with Gasteiger partial charge in [-0.3, -0.25) is 4.79 Å². The summed E-state index contributed by atoms with van der Waals surface area (Å²) in [6, 6.07) is 18.1. The van der Waals surface area contributed by atoms with Crippen LogP contribution in [-0.2, 0) is 4.79 Å². The predicted molar refractivity (Wildman–Crippen MR) is 87.3 cm³/mol. The van der Waals surface area contributed by atoms with Crippen molar-refractivity contribution in [1.82, 2.24) is 4.90 Å². The van der Waals surface area contributed by atoms with Crippen molar-refractivity contribution in [3.63, 3.8) is 0 Å². The third-order valence-electron chi connectivity index (χ3n) is 3.75. The van der Waals surface area contributed by atoms with Gasteiger partial charge in [0.05, 0.1) is 12.6 Å². The number of carbonyl (C=O) groups excluding carboxylic acids is 1. The summed E-state index contributed by atoms with van der Waals surface area (Å²) in [5.74, 6) is 0.0759. The van der Waals surface area contributed by atoms with E-state index in [0.717, 1.165) is 11.3 Å². The van der Waals surface area contributed by atoms with Gasteiger partial charge in [0.2, 0.25) is 5.91 Å². The maximum atomic E-state index is 12.3. The zero-order valence-corrected chi connectivity index (χ0v) is 12.8. The quantitative estimate of drug-likeness (QED) is 0.908. The van der Waals surface area contributed by atoms with Gasteiger partial charge in [0.1, 0.15) is 0 Å². The molecule has 0 saturated carbocycles. The lowest BCUT2D eigenvalue weighted by Crippen LogP contribution is -2.34. The molecule has 0 aliphatic rings. The van der Waals surface area contributed by atoms with Gasteiger partial charge < -0.3 is 10.2 Å². The summed E-state index contributed by atoms with van der Waals surface area (Å²) in [6.07, 6.45) is 0. The summed E-state index contributed by atoms with van der Waals surface area (Å²) in [6.45, 7) is 4.41. The van der Waals surface area contributed by atoms with Gasteiger partial charge in [-0.1, -0.05) is 48.0 Å². The van der Waals surface area contributed by atoms with Crippen LogP contribution in [0.5, 0.6) is 0 Å². The first-order valence-corrected chi connectivity index (χ1v) is 7.19. The fraction of sp³-hybridized carbons (Fsp3) is 0.278. The Kier molecular flexibility index (Phi) is 4.99. The fourth-order valence-electron chi connectivity index (χ4n) is 2.14. The van der Waals surface area contributed by atoms with Crippen molar-refractivity contribution in [2.75, 3.05) is 18.9 Å². The smallest absolute Gasteiger partial charge is 0.242 e. The molecule has 1 atom stereocenters. The number of aryl methyl sites for hydroxylation is 1. The number of anilines is 1. The number of carbonyl (C=O) groups is 1. The van der Waals surface area contributed by atoms with Crippen molar-refractivity contribution < 1.29 is 4.79 Å². The zero-order valence-electron chi connectivity index (χ0n) is 12.8. The minimum atomic E-state index is 0.0654. The summed E-state index contributed by atoms with van der Waals surface area (Å²) in [5, 5.41) is 3.15. The van der Waals surface area contributed by atoms with Gasteiger partial charge in [-0.2, -0.15) is 0 Å². The first-order valence-electron chi connectivity index (χ1n) is 7.19. The first kappa shape index (κ1) is 15.1. The molecule has 0 radical (unpaired) electrons. The van der Waals surface area contributed by atoms with Crippen LogP contribution in [0.3, 0.4) is 0 Å². The highest BCUT2D eigenvalue weighted by molar-refractivity contribution is 5.81. The molecule has 110 valence electrons. The molecule has 3 nitrogen and oxygen atoms in total. The molecule has 0 aliphatic heterocycles. The normalized spacial score (nSPS) is 11.8. The number of likely N-dealkylation sites (N-methyl/N-ethyl adjacent to an activating group) is 1. The van der Waals surface area contributed by atoms with Crippen LogP contribution in [0.1, 0.15) is 24.1 Å². The Balaban J connectivity index is 1.94. The molecule has 1 unspecified atom stereocenters. The van der Waals surface area contributed by atoms with Crippen LogP contribution in [0, 0.1) is 6.92 Å². The van der Waals surface area contributed by atoms with Crippen LogP contribution in [0.2, 0.25) is 0 Å². The lowest BCUT2D eigenvalue weighted by atomic mass is 10.1. The van der Waals surface area contributed by atoms with Crippen LogP contribution >= 0.6 is 0 Å². The Morgan fingerprint density at radius 1 is 1.10 bits per heavy atom. The predicted octanol–water partition coefficient (Wildman–Crippen LogP) is 3.63. The molecule has 21 heavy (non-hydrogen) atoms. The highest BCUT2D eigenvalue weighted by Gasteiger charge is 2.16. The number of para-hydroxylation sites is 1. The van der Waals surface area contributed by atoms with Crippen LogP contribution in [-0.4, -0.2) is 24.4 Å². The number of hydrogen-bond donors (Lipinski definition) is 1. The average Bonchev–Trinajstić information content (AvgIpc) is 2.53. The van der Waals surface area contributed by atoms with E-state index in [4.69, 9.17) is 0 Å². The van der Waals surface area contributed by atoms with E-state index in [1.807, 2.05) is 44.3 Å². The Morgan fingerprint density at radius 3 is 2.33 bits per heavy atom. The molecule has 0 aliphatic carbocycles. The van der Waals surface area contributed by atoms with Crippen LogP contribution in [0.15, 0.2) is 54.6 Å². The Morgan fingerprint density at radius 2 is 1.71 bits per heavy atom. The standard InChI is InChI=1S/C18H22N2O/c1-14-9-11-16(12-10-14)15(2)20(3)18(21)13-19-17-7-5-4-6-8-17/h4-12,15,19H,13H2,1-3H3. The van der Waals surface area contributed by atoms with Crippen molar-refractivity contribution >= 4 is 11.6 Å². The second-order valence-corrected chi connectivity index (χ2v) is 5.31. The lowest BCUT2D eigenvalue weighted by Gasteiger charge is -2.25. The monoisotopic (exact) mass is 282 g/mol. The molecule has 0 bridgehead atoms. The number of benzene rings is 2. The van der Waals surface area contributed by atoms with E-state index in [9.17, 15) is 4.79 Å². The van der Waals surface area contributed by atoms with Crippen LogP contribution in [0.4, 0.5) is 5.69 Å². The molecule has 2 aromatic carbocycles. The molecule has 0 fully saturated rings. The molecule has 1 amide bonds. The van der Waals surface area contributed by atoms with E-state index in [1.54, 1.807) is 4.90 Å².